The Kier molecular flexibility index (Phi) is 4.60. The zero-order chi connectivity index (χ0) is 16.9. The maximum absolute atomic E-state index is 13.1. The molecule has 2 aromatic carbocycles. The molecule has 0 saturated carbocycles. The van der Waals surface area contributed by atoms with Crippen LogP contribution in [0.4, 0.5) is 14.5 Å². The molecule has 0 fully saturated rings. The van der Waals surface area contributed by atoms with E-state index in [1.807, 2.05) is 30.3 Å². The van der Waals surface area contributed by atoms with Crippen molar-refractivity contribution in [2.75, 3.05) is 5.32 Å². The Bertz CT molecular complexity index is 829. The number of hydrogen-bond donors (Lipinski definition) is 2. The van der Waals surface area contributed by atoms with Crippen molar-refractivity contribution in [1.29, 1.82) is 0 Å². The molecular formula is C17H14F2N4O. The Morgan fingerprint density at radius 3 is 2.50 bits per heavy atom. The number of halogens is 2. The SMILES string of the molecule is O=C(Cc1n[nH]c(Cc2ccccc2)n1)Nc1cc(F)cc(F)c1. The average Bonchev–Trinajstić information content (AvgIpc) is 2.94. The van der Waals surface area contributed by atoms with Crippen LogP contribution in [0, 0.1) is 11.6 Å². The number of nitrogens with one attached hydrogen (secondary N) is 2. The third-order valence-electron chi connectivity index (χ3n) is 3.26. The molecule has 0 unspecified atom stereocenters. The van der Waals surface area contributed by atoms with E-state index in [-0.39, 0.29) is 12.1 Å². The molecule has 1 aromatic heterocycles. The molecule has 24 heavy (non-hydrogen) atoms. The van der Waals surface area contributed by atoms with Crippen LogP contribution in [-0.2, 0) is 17.6 Å². The summed E-state index contributed by atoms with van der Waals surface area (Å²) in [7, 11) is 0. The van der Waals surface area contributed by atoms with Crippen molar-refractivity contribution in [1.82, 2.24) is 15.2 Å². The Balaban J connectivity index is 1.61. The second kappa shape index (κ2) is 6.99. The van der Waals surface area contributed by atoms with Gasteiger partial charge in [-0.05, 0) is 17.7 Å². The van der Waals surface area contributed by atoms with Gasteiger partial charge in [0.25, 0.3) is 0 Å². The number of carbonyl (C=O) groups excluding carboxylic acids is 1. The molecule has 3 aromatic rings. The summed E-state index contributed by atoms with van der Waals surface area (Å²) in [6.07, 6.45) is 0.480. The van der Waals surface area contributed by atoms with Crippen LogP contribution in [0.3, 0.4) is 0 Å². The highest BCUT2D eigenvalue weighted by Crippen LogP contribution is 2.13. The Hall–Kier alpha value is -3.09. The maximum atomic E-state index is 13.1. The lowest BCUT2D eigenvalue weighted by Gasteiger charge is -2.04. The zero-order valence-corrected chi connectivity index (χ0v) is 12.6. The molecule has 0 saturated heterocycles. The Morgan fingerprint density at radius 2 is 1.79 bits per heavy atom. The van der Waals surface area contributed by atoms with Crippen LogP contribution < -0.4 is 5.32 Å². The van der Waals surface area contributed by atoms with Crippen molar-refractivity contribution in [3.05, 3.63) is 77.4 Å². The largest absolute Gasteiger partial charge is 0.325 e. The standard InChI is InChI=1S/C17H14F2N4O/c18-12-7-13(19)9-14(8-12)20-17(24)10-16-21-15(22-23-16)6-11-4-2-1-3-5-11/h1-5,7-9H,6,10H2,(H,20,24)(H,21,22,23). The summed E-state index contributed by atoms with van der Waals surface area (Å²) in [5.41, 5.74) is 1.12. The lowest BCUT2D eigenvalue weighted by molar-refractivity contribution is -0.115. The number of rotatable bonds is 5. The van der Waals surface area contributed by atoms with Crippen LogP contribution in [0.25, 0.3) is 0 Å². The molecule has 0 bridgehead atoms. The number of carbonyl (C=O) groups is 1. The molecule has 1 amide bonds. The van der Waals surface area contributed by atoms with Gasteiger partial charge in [0.15, 0.2) is 5.82 Å². The highest BCUT2D eigenvalue weighted by atomic mass is 19.1. The number of H-pyrrole nitrogens is 1. The van der Waals surface area contributed by atoms with Crippen LogP contribution in [0.5, 0.6) is 0 Å². The van der Waals surface area contributed by atoms with Gasteiger partial charge in [-0.2, -0.15) is 5.10 Å². The topological polar surface area (TPSA) is 70.7 Å². The van der Waals surface area contributed by atoms with Gasteiger partial charge in [-0.3, -0.25) is 9.89 Å². The number of nitrogens with zero attached hydrogens (tertiary/aromatic N) is 2. The summed E-state index contributed by atoms with van der Waals surface area (Å²) < 4.78 is 26.2. The second-order valence-corrected chi connectivity index (χ2v) is 5.24. The fourth-order valence-electron chi connectivity index (χ4n) is 2.26. The van der Waals surface area contributed by atoms with Crippen LogP contribution in [0.1, 0.15) is 17.2 Å². The first kappa shape index (κ1) is 15.8. The van der Waals surface area contributed by atoms with E-state index in [1.54, 1.807) is 0 Å². The highest BCUT2D eigenvalue weighted by molar-refractivity contribution is 5.91. The van der Waals surface area contributed by atoms with E-state index in [1.165, 1.54) is 0 Å². The minimum Gasteiger partial charge on any atom is -0.325 e. The molecular weight excluding hydrogens is 314 g/mol. The predicted molar refractivity (Wildman–Crippen MR) is 84.3 cm³/mol. The summed E-state index contributed by atoms with van der Waals surface area (Å²) in [4.78, 5) is 16.2. The van der Waals surface area contributed by atoms with E-state index in [0.29, 0.717) is 18.1 Å². The maximum Gasteiger partial charge on any atom is 0.232 e. The Morgan fingerprint density at radius 1 is 1.08 bits per heavy atom. The van der Waals surface area contributed by atoms with Crippen LogP contribution in [0.2, 0.25) is 0 Å². The zero-order valence-electron chi connectivity index (χ0n) is 12.6. The van der Waals surface area contributed by atoms with Gasteiger partial charge >= 0.3 is 0 Å². The molecule has 0 aliphatic carbocycles. The van der Waals surface area contributed by atoms with Gasteiger partial charge in [-0.25, -0.2) is 13.8 Å². The minimum atomic E-state index is -0.756. The molecule has 2 N–H and O–H groups in total. The van der Waals surface area contributed by atoms with E-state index >= 15 is 0 Å². The molecule has 0 aliphatic heterocycles. The molecule has 1 heterocycles. The number of aromatic amines is 1. The van der Waals surface area contributed by atoms with Crippen molar-refractivity contribution >= 4 is 11.6 Å². The molecule has 0 spiro atoms. The van der Waals surface area contributed by atoms with Gasteiger partial charge in [-0.15, -0.1) is 0 Å². The number of benzene rings is 2. The van der Waals surface area contributed by atoms with Gasteiger partial charge in [0.05, 0.1) is 6.42 Å². The first-order valence-electron chi connectivity index (χ1n) is 7.28. The third kappa shape index (κ3) is 4.22. The molecule has 5 nitrogen and oxygen atoms in total. The first-order valence-corrected chi connectivity index (χ1v) is 7.28. The summed E-state index contributed by atoms with van der Waals surface area (Å²) in [5.74, 6) is -1.01. The van der Waals surface area contributed by atoms with E-state index < -0.39 is 17.5 Å². The lowest BCUT2D eigenvalue weighted by Crippen LogP contribution is -2.15. The smallest absolute Gasteiger partial charge is 0.232 e. The van der Waals surface area contributed by atoms with Crippen LogP contribution >= 0.6 is 0 Å². The minimum absolute atomic E-state index is 0.0533. The van der Waals surface area contributed by atoms with Crippen molar-refractivity contribution in [3.63, 3.8) is 0 Å². The first-order chi connectivity index (χ1) is 11.6. The number of amides is 1. The summed E-state index contributed by atoms with van der Waals surface area (Å²) in [6, 6.07) is 12.5. The van der Waals surface area contributed by atoms with Crippen molar-refractivity contribution in [3.8, 4) is 0 Å². The van der Waals surface area contributed by atoms with E-state index in [9.17, 15) is 13.6 Å². The number of anilines is 1. The number of hydrogen-bond acceptors (Lipinski definition) is 3. The van der Waals surface area contributed by atoms with E-state index in [0.717, 1.165) is 23.8 Å². The Labute approximate surface area is 136 Å². The monoisotopic (exact) mass is 328 g/mol. The molecule has 7 heteroatoms. The molecule has 3 rings (SSSR count). The second-order valence-electron chi connectivity index (χ2n) is 5.24. The van der Waals surface area contributed by atoms with Crippen LogP contribution in [-0.4, -0.2) is 21.1 Å². The highest BCUT2D eigenvalue weighted by Gasteiger charge is 2.11. The van der Waals surface area contributed by atoms with Gasteiger partial charge in [0.1, 0.15) is 17.5 Å². The van der Waals surface area contributed by atoms with Gasteiger partial charge in [-0.1, -0.05) is 30.3 Å². The van der Waals surface area contributed by atoms with Gasteiger partial charge in [0, 0.05) is 18.2 Å². The van der Waals surface area contributed by atoms with E-state index in [4.69, 9.17) is 0 Å². The molecule has 0 atom stereocenters. The molecule has 0 aliphatic rings. The van der Waals surface area contributed by atoms with E-state index in [2.05, 4.69) is 20.5 Å². The molecule has 0 radical (unpaired) electrons. The molecule has 122 valence electrons. The summed E-state index contributed by atoms with van der Waals surface area (Å²) >= 11 is 0. The average molecular weight is 328 g/mol. The normalized spacial score (nSPS) is 10.6. The van der Waals surface area contributed by atoms with Crippen LogP contribution in [0.15, 0.2) is 48.5 Å². The van der Waals surface area contributed by atoms with Gasteiger partial charge < -0.3 is 5.32 Å². The quantitative estimate of drug-likeness (QED) is 0.756. The lowest BCUT2D eigenvalue weighted by atomic mass is 10.1. The fourth-order valence-corrected chi connectivity index (χ4v) is 2.26. The van der Waals surface area contributed by atoms with Crippen molar-refractivity contribution < 1.29 is 13.6 Å². The summed E-state index contributed by atoms with van der Waals surface area (Å²) in [6.45, 7) is 0. The number of aromatic nitrogens is 3. The van der Waals surface area contributed by atoms with Gasteiger partial charge in [0.2, 0.25) is 5.91 Å². The fraction of sp³-hybridized carbons (Fsp3) is 0.118. The summed E-state index contributed by atoms with van der Waals surface area (Å²) in [5, 5.41) is 9.18. The van der Waals surface area contributed by atoms with Crippen molar-refractivity contribution in [2.24, 2.45) is 0 Å². The predicted octanol–water partition coefficient (Wildman–Crippen LogP) is 2.85. The van der Waals surface area contributed by atoms with Crippen molar-refractivity contribution in [2.45, 2.75) is 12.8 Å². The third-order valence-corrected chi connectivity index (χ3v) is 3.26.